The fourth-order valence-electron chi connectivity index (χ4n) is 6.24. The second-order valence-electron chi connectivity index (χ2n) is 13.3. The first-order valence-electron chi connectivity index (χ1n) is 19.2. The van der Waals surface area contributed by atoms with Crippen molar-refractivity contribution in [3.8, 4) is 33.8 Å². The van der Waals surface area contributed by atoms with E-state index in [-0.39, 0.29) is 31.2 Å². The molecule has 4 aromatic heterocycles. The van der Waals surface area contributed by atoms with Crippen molar-refractivity contribution in [2.75, 3.05) is 0 Å². The van der Waals surface area contributed by atoms with Crippen molar-refractivity contribution < 1.29 is 31.4 Å². The third kappa shape index (κ3) is 7.13. The third-order valence-corrected chi connectivity index (χ3v) is 8.57. The van der Waals surface area contributed by atoms with Crippen LogP contribution in [0.5, 0.6) is 0 Å². The monoisotopic (exact) mass is 858 g/mol. The van der Waals surface area contributed by atoms with E-state index >= 15 is 0 Å². The number of aromatic nitrogens is 4. The molecule has 6 heteroatoms. The molecule has 52 heavy (non-hydrogen) atoms. The van der Waals surface area contributed by atoms with Crippen LogP contribution in [0.3, 0.4) is 0 Å². The standard InChI is InChI=1S/C31H26NO.C15H10N3.Ir/c1-19-18-32-28(15-22(19)17-31(2,3)4)25-11-7-10-24-27-14-21-13-12-20-8-5-6-9-23(20)26(21)16-29(27)33-30(24)25;1-2-4-12(5-3-1)14-7-6-13(10-18-14)15-11-16-8-9-17-15;/h5-10,12-16,18H,17H2,1-4H3;1-4,6-11H;/q2*-1;/i1D3,17D2;;. The Kier molecular flexibility index (Phi) is 8.16. The van der Waals surface area contributed by atoms with E-state index in [1.54, 1.807) is 57.7 Å². The number of pyridine rings is 2. The van der Waals surface area contributed by atoms with Crippen LogP contribution in [0.4, 0.5) is 0 Å². The Bertz CT molecular complexity index is 2800. The Morgan fingerprint density at radius 1 is 0.692 bits per heavy atom. The Morgan fingerprint density at radius 3 is 2.31 bits per heavy atom. The molecule has 0 fully saturated rings. The Morgan fingerprint density at radius 2 is 1.54 bits per heavy atom. The molecule has 4 heterocycles. The van der Waals surface area contributed by atoms with E-state index in [0.29, 0.717) is 16.8 Å². The number of fused-ring (bicyclic) bond motifs is 6. The maximum Gasteiger partial charge on any atom is 0.121 e. The molecule has 0 aliphatic carbocycles. The van der Waals surface area contributed by atoms with Crippen molar-refractivity contribution >= 4 is 43.5 Å². The van der Waals surface area contributed by atoms with Gasteiger partial charge < -0.3 is 14.4 Å². The van der Waals surface area contributed by atoms with Gasteiger partial charge in [0.2, 0.25) is 0 Å². The smallest absolute Gasteiger partial charge is 0.121 e. The number of hydrogen-bond acceptors (Lipinski definition) is 5. The summed E-state index contributed by atoms with van der Waals surface area (Å²) in [5.74, 6) is 0. The Labute approximate surface area is 324 Å². The molecule has 0 aliphatic rings. The van der Waals surface area contributed by atoms with Crippen LogP contribution in [-0.4, -0.2) is 19.9 Å². The third-order valence-electron chi connectivity index (χ3n) is 8.57. The van der Waals surface area contributed by atoms with Gasteiger partial charge in [0.1, 0.15) is 5.58 Å². The minimum absolute atomic E-state index is 0. The van der Waals surface area contributed by atoms with E-state index in [2.05, 4.69) is 68.5 Å². The molecular formula is C46H36IrN4O-2. The van der Waals surface area contributed by atoms with Crippen molar-refractivity contribution in [1.82, 2.24) is 19.9 Å². The van der Waals surface area contributed by atoms with E-state index in [1.807, 2.05) is 54.6 Å². The summed E-state index contributed by atoms with van der Waals surface area (Å²) in [6.07, 6.45) is 6.22. The summed E-state index contributed by atoms with van der Waals surface area (Å²) in [5, 5.41) is 6.36. The van der Waals surface area contributed by atoms with E-state index < -0.39 is 18.6 Å². The van der Waals surface area contributed by atoms with Crippen LogP contribution in [-0.2, 0) is 26.5 Å². The molecule has 1 radical (unpaired) electrons. The zero-order chi connectivity index (χ0) is 39.2. The first-order valence-corrected chi connectivity index (χ1v) is 16.7. The zero-order valence-electron chi connectivity index (χ0n) is 33.7. The molecule has 9 aromatic rings. The van der Waals surface area contributed by atoms with Crippen LogP contribution in [0.15, 0.2) is 139 Å². The molecule has 0 atom stereocenters. The zero-order valence-corrected chi connectivity index (χ0v) is 31.1. The summed E-state index contributed by atoms with van der Waals surface area (Å²) in [6, 6.07) is 40.1. The minimum Gasteiger partial charge on any atom is -0.501 e. The summed E-state index contributed by atoms with van der Waals surface area (Å²) in [4.78, 5) is 17.2. The molecule has 0 bridgehead atoms. The first-order chi connectivity index (χ1) is 26.8. The first kappa shape index (κ1) is 29.1. The molecular weight excluding hydrogens is 817 g/mol. The van der Waals surface area contributed by atoms with Gasteiger partial charge in [0.15, 0.2) is 0 Å². The van der Waals surface area contributed by atoms with Gasteiger partial charge in [-0.25, -0.2) is 0 Å². The van der Waals surface area contributed by atoms with E-state index in [1.165, 1.54) is 6.20 Å². The summed E-state index contributed by atoms with van der Waals surface area (Å²) in [6.45, 7) is 2.78. The summed E-state index contributed by atoms with van der Waals surface area (Å²) in [5.41, 5.74) is 5.15. The molecule has 0 amide bonds. The van der Waals surface area contributed by atoms with Gasteiger partial charge in [-0.15, -0.1) is 54.1 Å². The van der Waals surface area contributed by atoms with Crippen molar-refractivity contribution in [1.29, 1.82) is 0 Å². The molecule has 0 aliphatic heterocycles. The van der Waals surface area contributed by atoms with Gasteiger partial charge in [0.25, 0.3) is 0 Å². The van der Waals surface area contributed by atoms with Gasteiger partial charge in [-0.2, -0.15) is 0 Å². The maximum atomic E-state index is 8.85. The fraction of sp³-hybridized carbons (Fsp3) is 0.130. The largest absolute Gasteiger partial charge is 0.501 e. The number of benzene rings is 5. The predicted molar refractivity (Wildman–Crippen MR) is 208 cm³/mol. The van der Waals surface area contributed by atoms with Crippen LogP contribution in [0.1, 0.15) is 38.8 Å². The molecule has 9 rings (SSSR count). The molecule has 0 N–H and O–H groups in total. The van der Waals surface area contributed by atoms with E-state index in [9.17, 15) is 0 Å². The van der Waals surface area contributed by atoms with Gasteiger partial charge in [0.05, 0.1) is 17.5 Å². The van der Waals surface area contributed by atoms with Gasteiger partial charge in [-0.1, -0.05) is 91.9 Å². The molecule has 0 saturated heterocycles. The van der Waals surface area contributed by atoms with Gasteiger partial charge in [-0.05, 0) is 69.3 Å². The van der Waals surface area contributed by atoms with Crippen molar-refractivity contribution in [2.45, 2.75) is 34.0 Å². The Balaban J connectivity index is 0.000000219. The quantitative estimate of drug-likeness (QED) is 0.130. The maximum absolute atomic E-state index is 8.85. The number of rotatable bonds is 4. The number of nitrogens with zero attached hydrogens (tertiary/aromatic N) is 4. The SMILES string of the molecule is [2H]C([2H])([2H])c1cnc(-c2[c-]ccc3c2oc2cc4c(ccc5ccccc54)cc23)cc1C([2H])([2H])C(C)(C)C.[Ir].[c-]1ccccc1-c1ccc(-c2cnccn2)cn1. The number of aryl methyl sites for hydroxylation is 1. The van der Waals surface area contributed by atoms with Crippen LogP contribution in [0.2, 0.25) is 0 Å². The minimum atomic E-state index is -2.50. The van der Waals surface area contributed by atoms with Gasteiger partial charge in [0, 0.05) is 62.7 Å². The average molecular weight is 858 g/mol. The molecule has 5 nitrogen and oxygen atoms in total. The van der Waals surface area contributed by atoms with Crippen LogP contribution < -0.4 is 0 Å². The topological polar surface area (TPSA) is 64.7 Å². The van der Waals surface area contributed by atoms with Crippen LogP contribution >= 0.6 is 0 Å². The molecule has 5 aromatic carbocycles. The molecule has 0 unspecified atom stereocenters. The van der Waals surface area contributed by atoms with Crippen molar-refractivity contribution in [2.24, 2.45) is 5.41 Å². The number of furan rings is 1. The van der Waals surface area contributed by atoms with Crippen molar-refractivity contribution in [3.63, 3.8) is 0 Å². The second kappa shape index (κ2) is 14.6. The van der Waals surface area contributed by atoms with Crippen LogP contribution in [0, 0.1) is 24.4 Å². The fourth-order valence-corrected chi connectivity index (χ4v) is 6.24. The summed E-state index contributed by atoms with van der Waals surface area (Å²) >= 11 is 0. The summed E-state index contributed by atoms with van der Waals surface area (Å²) in [7, 11) is 0. The van der Waals surface area contributed by atoms with Crippen molar-refractivity contribution in [3.05, 3.63) is 157 Å². The normalized spacial score (nSPS) is 13.3. The second-order valence-corrected chi connectivity index (χ2v) is 13.3. The molecule has 257 valence electrons. The predicted octanol–water partition coefficient (Wildman–Crippen LogP) is 11.7. The van der Waals surface area contributed by atoms with E-state index in [4.69, 9.17) is 11.3 Å². The average Bonchev–Trinajstić information content (AvgIpc) is 3.58. The molecule has 0 spiro atoms. The van der Waals surface area contributed by atoms with E-state index in [0.717, 1.165) is 60.4 Å². The van der Waals surface area contributed by atoms with Gasteiger partial charge >= 0.3 is 0 Å². The number of hydrogen-bond donors (Lipinski definition) is 0. The summed E-state index contributed by atoms with van der Waals surface area (Å²) < 4.78 is 48.1. The molecule has 0 saturated carbocycles. The van der Waals surface area contributed by atoms with Gasteiger partial charge in [-0.3, -0.25) is 9.97 Å². The Hall–Kier alpha value is -5.55. The van der Waals surface area contributed by atoms with Crippen LogP contribution in [0.25, 0.3) is 77.3 Å².